The number of fused-ring (bicyclic) bond motifs is 1. The Kier molecular flexibility index (Phi) is 4.98. The molecule has 1 fully saturated rings. The molecular formula is C20H22FN7O2. The number of aromatic nitrogens is 3. The number of aliphatic imine (C=N–C) groups is 1. The Balaban J connectivity index is 1.52. The largest absolute Gasteiger partial charge is 0.465 e. The number of amidine groups is 1. The lowest BCUT2D eigenvalue weighted by Gasteiger charge is -2.39. The van der Waals surface area contributed by atoms with Crippen molar-refractivity contribution in [2.75, 3.05) is 24.5 Å². The van der Waals surface area contributed by atoms with Crippen LogP contribution in [-0.4, -0.2) is 62.4 Å². The van der Waals surface area contributed by atoms with Gasteiger partial charge in [0.2, 0.25) is 0 Å². The summed E-state index contributed by atoms with van der Waals surface area (Å²) >= 11 is 0. The fraction of sp³-hybridized carbons (Fsp3) is 0.300. The van der Waals surface area contributed by atoms with E-state index in [-0.39, 0.29) is 17.4 Å². The molecule has 2 aromatic heterocycles. The molecule has 1 aliphatic heterocycles. The van der Waals surface area contributed by atoms with E-state index in [4.69, 9.17) is 5.73 Å². The number of aryl methyl sites for hydroxylation is 1. The second-order valence-corrected chi connectivity index (χ2v) is 7.34. The first-order valence-corrected chi connectivity index (χ1v) is 9.50. The minimum Gasteiger partial charge on any atom is -0.465 e. The zero-order valence-corrected chi connectivity index (χ0v) is 16.7. The second kappa shape index (κ2) is 7.62. The van der Waals surface area contributed by atoms with E-state index in [0.29, 0.717) is 36.4 Å². The molecule has 0 bridgehead atoms. The van der Waals surface area contributed by atoms with Gasteiger partial charge in [-0.05, 0) is 31.2 Å². The normalized spacial score (nSPS) is 17.6. The summed E-state index contributed by atoms with van der Waals surface area (Å²) in [6.45, 7) is 3.49. The molecule has 3 aromatic rings. The summed E-state index contributed by atoms with van der Waals surface area (Å²) in [5.74, 6) is 0.0999. The summed E-state index contributed by atoms with van der Waals surface area (Å²) < 4.78 is 15.8. The summed E-state index contributed by atoms with van der Waals surface area (Å²) in [5.41, 5.74) is 7.70. The third kappa shape index (κ3) is 3.76. The number of hydrogen-bond acceptors (Lipinski definition) is 5. The fourth-order valence-electron chi connectivity index (χ4n) is 3.66. The Morgan fingerprint density at radius 1 is 1.33 bits per heavy atom. The van der Waals surface area contributed by atoms with Gasteiger partial charge in [-0.15, -0.1) is 0 Å². The molecule has 0 unspecified atom stereocenters. The molecule has 0 radical (unpaired) electrons. The number of nitrogens with zero attached hydrogens (tertiary/aromatic N) is 6. The third-order valence-electron chi connectivity index (χ3n) is 5.18. The molecule has 1 amide bonds. The SMILES string of the molecule is C[C@H]1CN(c2ccc(N=C(N)c3cc(F)c4nn(C)cc4c3)nc2)CCN1C(=O)O. The summed E-state index contributed by atoms with van der Waals surface area (Å²) in [5, 5.41) is 13.9. The highest BCUT2D eigenvalue weighted by Gasteiger charge is 2.27. The molecule has 1 atom stereocenters. The molecule has 0 saturated carbocycles. The summed E-state index contributed by atoms with van der Waals surface area (Å²) in [6.07, 6.45) is 2.49. The van der Waals surface area contributed by atoms with E-state index >= 15 is 0 Å². The lowest BCUT2D eigenvalue weighted by atomic mass is 10.1. The molecule has 1 aromatic carbocycles. The monoisotopic (exact) mass is 411 g/mol. The van der Waals surface area contributed by atoms with Gasteiger partial charge in [-0.2, -0.15) is 5.10 Å². The van der Waals surface area contributed by atoms with E-state index in [2.05, 4.69) is 20.0 Å². The predicted octanol–water partition coefficient (Wildman–Crippen LogP) is 2.33. The van der Waals surface area contributed by atoms with Crippen molar-refractivity contribution < 1.29 is 14.3 Å². The Labute approximate surface area is 172 Å². The van der Waals surface area contributed by atoms with Crippen LogP contribution in [-0.2, 0) is 7.05 Å². The van der Waals surface area contributed by atoms with E-state index in [0.717, 1.165) is 5.69 Å². The Morgan fingerprint density at radius 2 is 2.13 bits per heavy atom. The number of pyridine rings is 1. The molecule has 30 heavy (non-hydrogen) atoms. The van der Waals surface area contributed by atoms with E-state index in [1.54, 1.807) is 36.3 Å². The van der Waals surface area contributed by atoms with E-state index < -0.39 is 11.9 Å². The van der Waals surface area contributed by atoms with Crippen LogP contribution in [0.3, 0.4) is 0 Å². The Hall–Kier alpha value is -3.69. The first-order valence-electron chi connectivity index (χ1n) is 9.50. The van der Waals surface area contributed by atoms with Crippen LogP contribution in [0.5, 0.6) is 0 Å². The first-order chi connectivity index (χ1) is 14.3. The van der Waals surface area contributed by atoms with Gasteiger partial charge in [-0.25, -0.2) is 19.2 Å². The number of halogens is 1. The number of hydrogen-bond donors (Lipinski definition) is 2. The van der Waals surface area contributed by atoms with Crippen LogP contribution in [0, 0.1) is 5.82 Å². The molecule has 4 rings (SSSR count). The molecule has 0 aliphatic carbocycles. The number of benzene rings is 1. The van der Waals surface area contributed by atoms with Crippen molar-refractivity contribution in [2.45, 2.75) is 13.0 Å². The van der Waals surface area contributed by atoms with Gasteiger partial charge in [0.25, 0.3) is 0 Å². The van der Waals surface area contributed by atoms with Gasteiger partial charge in [0, 0.05) is 49.9 Å². The minimum atomic E-state index is -0.902. The molecule has 3 heterocycles. The maximum Gasteiger partial charge on any atom is 0.407 e. The summed E-state index contributed by atoms with van der Waals surface area (Å²) in [7, 11) is 1.73. The zero-order valence-electron chi connectivity index (χ0n) is 16.7. The Bertz CT molecular complexity index is 1130. The van der Waals surface area contributed by atoms with Crippen LogP contribution in [0.15, 0.2) is 41.7 Å². The number of carboxylic acid groups (broad SMARTS) is 1. The maximum atomic E-state index is 14.3. The molecular weight excluding hydrogens is 389 g/mol. The average Bonchev–Trinajstić information content (AvgIpc) is 3.09. The molecule has 1 aliphatic rings. The van der Waals surface area contributed by atoms with Crippen molar-refractivity contribution >= 4 is 34.3 Å². The zero-order chi connectivity index (χ0) is 21.4. The van der Waals surface area contributed by atoms with Crippen LogP contribution in [0.1, 0.15) is 12.5 Å². The maximum absolute atomic E-state index is 14.3. The number of rotatable bonds is 3. The van der Waals surface area contributed by atoms with E-state index in [1.807, 2.05) is 13.0 Å². The number of carbonyl (C=O) groups is 1. The van der Waals surface area contributed by atoms with Gasteiger partial charge in [-0.1, -0.05) is 0 Å². The van der Waals surface area contributed by atoms with Gasteiger partial charge < -0.3 is 20.6 Å². The summed E-state index contributed by atoms with van der Waals surface area (Å²) in [4.78, 5) is 23.4. The van der Waals surface area contributed by atoms with Crippen LogP contribution < -0.4 is 10.6 Å². The van der Waals surface area contributed by atoms with Gasteiger partial charge in [-0.3, -0.25) is 4.68 Å². The second-order valence-electron chi connectivity index (χ2n) is 7.34. The number of anilines is 1. The molecule has 0 spiro atoms. The third-order valence-corrected chi connectivity index (χ3v) is 5.18. The highest BCUT2D eigenvalue weighted by Crippen LogP contribution is 2.22. The predicted molar refractivity (Wildman–Crippen MR) is 112 cm³/mol. The molecule has 9 nitrogen and oxygen atoms in total. The van der Waals surface area contributed by atoms with Crippen LogP contribution >= 0.6 is 0 Å². The van der Waals surface area contributed by atoms with Crippen molar-refractivity contribution in [2.24, 2.45) is 17.8 Å². The standard InChI is InChI=1S/C20H22FN7O2/c1-12-10-27(5-6-28(12)20(29)30)15-3-4-17(23-9-15)24-19(22)13-7-14-11-26(2)25-18(14)16(21)8-13/h3-4,7-9,11-12H,5-6,10H2,1-2H3,(H,29,30)(H2,22,23,24)/t12-/m0/s1. The van der Waals surface area contributed by atoms with E-state index in [1.165, 1.54) is 11.0 Å². The lowest BCUT2D eigenvalue weighted by Crippen LogP contribution is -2.53. The average molecular weight is 411 g/mol. The smallest absolute Gasteiger partial charge is 0.407 e. The van der Waals surface area contributed by atoms with Crippen molar-refractivity contribution in [3.05, 3.63) is 48.0 Å². The molecule has 10 heteroatoms. The highest BCUT2D eigenvalue weighted by molar-refractivity contribution is 6.01. The van der Waals surface area contributed by atoms with Crippen LogP contribution in [0.25, 0.3) is 10.9 Å². The van der Waals surface area contributed by atoms with Crippen molar-refractivity contribution in [1.29, 1.82) is 0 Å². The summed E-state index contributed by atoms with van der Waals surface area (Å²) in [6, 6.07) is 6.54. The Morgan fingerprint density at radius 3 is 2.80 bits per heavy atom. The van der Waals surface area contributed by atoms with Gasteiger partial charge in [0.15, 0.2) is 11.6 Å². The quantitative estimate of drug-likeness (QED) is 0.505. The molecule has 3 N–H and O–H groups in total. The number of nitrogens with two attached hydrogens (primary N) is 1. The van der Waals surface area contributed by atoms with Crippen LogP contribution in [0.2, 0.25) is 0 Å². The van der Waals surface area contributed by atoms with Crippen molar-refractivity contribution in [3.63, 3.8) is 0 Å². The van der Waals surface area contributed by atoms with Crippen molar-refractivity contribution in [1.82, 2.24) is 19.7 Å². The van der Waals surface area contributed by atoms with Crippen molar-refractivity contribution in [3.8, 4) is 0 Å². The molecule has 1 saturated heterocycles. The number of piperazine rings is 1. The highest BCUT2D eigenvalue weighted by atomic mass is 19.1. The number of amides is 1. The minimum absolute atomic E-state index is 0.109. The fourth-order valence-corrected chi connectivity index (χ4v) is 3.66. The topological polar surface area (TPSA) is 113 Å². The first kappa shape index (κ1) is 19.6. The van der Waals surface area contributed by atoms with Gasteiger partial charge in [0.05, 0.1) is 11.9 Å². The van der Waals surface area contributed by atoms with E-state index in [9.17, 15) is 14.3 Å². The molecule has 156 valence electrons. The van der Waals surface area contributed by atoms with Gasteiger partial charge in [0.1, 0.15) is 11.4 Å². The lowest BCUT2D eigenvalue weighted by molar-refractivity contribution is 0.122. The van der Waals surface area contributed by atoms with Gasteiger partial charge >= 0.3 is 6.09 Å². The van der Waals surface area contributed by atoms with Crippen LogP contribution in [0.4, 0.5) is 20.7 Å².